The Labute approximate surface area is 176 Å². The zero-order valence-electron chi connectivity index (χ0n) is 16.6. The van der Waals surface area contributed by atoms with E-state index in [9.17, 15) is 0 Å². The summed E-state index contributed by atoms with van der Waals surface area (Å²) < 4.78 is 0. The van der Waals surface area contributed by atoms with E-state index in [0.29, 0.717) is 12.0 Å². The summed E-state index contributed by atoms with van der Waals surface area (Å²) in [5.41, 5.74) is 2.94. The van der Waals surface area contributed by atoms with Crippen LogP contribution in [0.15, 0.2) is 29.3 Å². The Morgan fingerprint density at radius 1 is 1.23 bits per heavy atom. The molecule has 1 aromatic carbocycles. The summed E-state index contributed by atoms with van der Waals surface area (Å²) in [6, 6.07) is 9.47. The molecule has 0 bridgehead atoms. The molecule has 2 aliphatic rings. The Morgan fingerprint density at radius 2 is 2.00 bits per heavy atom. The number of hydrogen-bond acceptors (Lipinski definition) is 2. The van der Waals surface area contributed by atoms with Crippen LogP contribution in [0.4, 0.5) is 0 Å². The van der Waals surface area contributed by atoms with Gasteiger partial charge in [0.2, 0.25) is 0 Å². The molecule has 5 heteroatoms. The van der Waals surface area contributed by atoms with Crippen LogP contribution < -0.4 is 5.32 Å². The summed E-state index contributed by atoms with van der Waals surface area (Å²) in [5.74, 6) is 1.79. The lowest BCUT2D eigenvalue weighted by Gasteiger charge is -2.35. The molecule has 3 rings (SSSR count). The van der Waals surface area contributed by atoms with Gasteiger partial charge in [0.1, 0.15) is 0 Å². The lowest BCUT2D eigenvalue weighted by Crippen LogP contribution is -2.45. The van der Waals surface area contributed by atoms with E-state index < -0.39 is 0 Å². The topological polar surface area (TPSA) is 30.9 Å². The van der Waals surface area contributed by atoms with Crippen molar-refractivity contribution in [1.82, 2.24) is 15.1 Å². The number of rotatable bonds is 4. The van der Waals surface area contributed by atoms with Gasteiger partial charge in [0, 0.05) is 38.8 Å². The van der Waals surface area contributed by atoms with E-state index in [1.807, 2.05) is 0 Å². The summed E-state index contributed by atoms with van der Waals surface area (Å²) in [7, 11) is 0. The first-order chi connectivity index (χ1) is 12.2. The highest BCUT2D eigenvalue weighted by Gasteiger charge is 2.23. The standard InChI is InChI=1S/C21H34N4.HI/c1-4-22-21(23-14-18-8-7-12-24(15-18)17(2)3)25-13-11-19-9-5-6-10-20(19)16-25;/h5-6,9-10,17-18H,4,7-8,11-16H2,1-3H3,(H,22,23);1H. The van der Waals surface area contributed by atoms with Crippen molar-refractivity contribution < 1.29 is 0 Å². The van der Waals surface area contributed by atoms with Crippen molar-refractivity contribution in [2.75, 3.05) is 32.7 Å². The predicted molar refractivity (Wildman–Crippen MR) is 121 cm³/mol. The molecule has 0 spiro atoms. The summed E-state index contributed by atoms with van der Waals surface area (Å²) in [4.78, 5) is 10.1. The number of hydrogen-bond donors (Lipinski definition) is 1. The van der Waals surface area contributed by atoms with E-state index in [1.54, 1.807) is 0 Å². The second-order valence-electron chi connectivity index (χ2n) is 7.73. The third kappa shape index (κ3) is 5.59. The summed E-state index contributed by atoms with van der Waals surface area (Å²) in [6.45, 7) is 13.1. The Kier molecular flexibility index (Phi) is 8.67. The molecule has 0 aliphatic carbocycles. The third-order valence-electron chi connectivity index (χ3n) is 5.55. The molecule has 1 N–H and O–H groups in total. The maximum absolute atomic E-state index is 5.03. The first-order valence-electron chi connectivity index (χ1n) is 10.0. The van der Waals surface area contributed by atoms with E-state index in [0.717, 1.165) is 38.6 Å². The van der Waals surface area contributed by atoms with Gasteiger partial charge in [0.15, 0.2) is 5.96 Å². The maximum atomic E-state index is 5.03. The van der Waals surface area contributed by atoms with Crippen molar-refractivity contribution in [3.63, 3.8) is 0 Å². The largest absolute Gasteiger partial charge is 0.357 e. The molecule has 1 saturated heterocycles. The molecular weight excluding hydrogens is 435 g/mol. The van der Waals surface area contributed by atoms with Crippen LogP contribution in [0.3, 0.4) is 0 Å². The van der Waals surface area contributed by atoms with Gasteiger partial charge in [0.25, 0.3) is 0 Å². The monoisotopic (exact) mass is 470 g/mol. The van der Waals surface area contributed by atoms with Gasteiger partial charge in [-0.1, -0.05) is 24.3 Å². The van der Waals surface area contributed by atoms with Crippen LogP contribution in [0, 0.1) is 5.92 Å². The van der Waals surface area contributed by atoms with Crippen LogP contribution in [0.5, 0.6) is 0 Å². The molecule has 0 aromatic heterocycles. The van der Waals surface area contributed by atoms with Crippen LogP contribution in [0.2, 0.25) is 0 Å². The normalized spacial score (nSPS) is 21.3. The number of benzene rings is 1. The van der Waals surface area contributed by atoms with Gasteiger partial charge in [-0.3, -0.25) is 4.99 Å². The Bertz CT molecular complexity index is 587. The van der Waals surface area contributed by atoms with Gasteiger partial charge < -0.3 is 15.1 Å². The second kappa shape index (κ2) is 10.5. The smallest absolute Gasteiger partial charge is 0.194 e. The van der Waals surface area contributed by atoms with Gasteiger partial charge in [-0.25, -0.2) is 0 Å². The van der Waals surface area contributed by atoms with Gasteiger partial charge in [-0.2, -0.15) is 0 Å². The van der Waals surface area contributed by atoms with E-state index in [4.69, 9.17) is 4.99 Å². The fourth-order valence-corrected chi connectivity index (χ4v) is 4.03. The number of nitrogens with zero attached hydrogens (tertiary/aromatic N) is 3. The minimum Gasteiger partial charge on any atom is -0.357 e. The number of aliphatic imine (C=N–C) groups is 1. The van der Waals surface area contributed by atoms with E-state index in [1.165, 1.54) is 37.1 Å². The highest BCUT2D eigenvalue weighted by Crippen LogP contribution is 2.20. The Hall–Kier alpha value is -0.820. The average molecular weight is 470 g/mol. The van der Waals surface area contributed by atoms with E-state index in [2.05, 4.69) is 60.2 Å². The van der Waals surface area contributed by atoms with Crippen molar-refractivity contribution >= 4 is 29.9 Å². The second-order valence-corrected chi connectivity index (χ2v) is 7.73. The Morgan fingerprint density at radius 3 is 2.73 bits per heavy atom. The first kappa shape index (κ1) is 21.5. The highest BCUT2D eigenvalue weighted by atomic mass is 127. The zero-order chi connectivity index (χ0) is 17.6. The van der Waals surface area contributed by atoms with Gasteiger partial charge in [-0.15, -0.1) is 24.0 Å². The minimum atomic E-state index is 0. The summed E-state index contributed by atoms with van der Waals surface area (Å²) in [5, 5.41) is 3.52. The third-order valence-corrected chi connectivity index (χ3v) is 5.55. The van der Waals surface area contributed by atoms with Gasteiger partial charge in [-0.05, 0) is 63.6 Å². The molecule has 0 amide bonds. The maximum Gasteiger partial charge on any atom is 0.194 e. The van der Waals surface area contributed by atoms with Crippen molar-refractivity contribution in [1.29, 1.82) is 0 Å². The minimum absolute atomic E-state index is 0. The van der Waals surface area contributed by atoms with Crippen molar-refractivity contribution in [2.24, 2.45) is 10.9 Å². The highest BCUT2D eigenvalue weighted by molar-refractivity contribution is 14.0. The van der Waals surface area contributed by atoms with Gasteiger partial charge >= 0.3 is 0 Å². The quantitative estimate of drug-likeness (QED) is 0.413. The number of likely N-dealkylation sites (tertiary alicyclic amines) is 1. The SMILES string of the molecule is CCNC(=NCC1CCCN(C(C)C)C1)N1CCc2ccccc2C1.I. The molecule has 1 fully saturated rings. The molecule has 1 aromatic rings. The fraction of sp³-hybridized carbons (Fsp3) is 0.667. The molecular formula is C21H35IN4. The van der Waals surface area contributed by atoms with Crippen molar-refractivity contribution in [3.05, 3.63) is 35.4 Å². The van der Waals surface area contributed by atoms with E-state index in [-0.39, 0.29) is 24.0 Å². The summed E-state index contributed by atoms with van der Waals surface area (Å²) in [6.07, 6.45) is 3.74. The predicted octanol–water partition coefficient (Wildman–Crippen LogP) is 3.75. The average Bonchev–Trinajstić information content (AvgIpc) is 2.65. The lowest BCUT2D eigenvalue weighted by atomic mass is 9.97. The molecule has 2 heterocycles. The van der Waals surface area contributed by atoms with Crippen LogP contribution in [0.25, 0.3) is 0 Å². The van der Waals surface area contributed by atoms with Crippen molar-refractivity contribution in [3.8, 4) is 0 Å². The molecule has 1 atom stereocenters. The van der Waals surface area contributed by atoms with Crippen LogP contribution >= 0.6 is 24.0 Å². The lowest BCUT2D eigenvalue weighted by molar-refractivity contribution is 0.143. The molecule has 1 unspecified atom stereocenters. The molecule has 0 saturated carbocycles. The number of fused-ring (bicyclic) bond motifs is 1. The number of piperidine rings is 1. The van der Waals surface area contributed by atoms with Crippen molar-refractivity contribution in [2.45, 2.75) is 52.6 Å². The molecule has 4 nitrogen and oxygen atoms in total. The van der Waals surface area contributed by atoms with Crippen LogP contribution in [-0.2, 0) is 13.0 Å². The number of halogens is 1. The fourth-order valence-electron chi connectivity index (χ4n) is 4.03. The van der Waals surface area contributed by atoms with E-state index >= 15 is 0 Å². The van der Waals surface area contributed by atoms with Crippen LogP contribution in [-0.4, -0.2) is 54.5 Å². The van der Waals surface area contributed by atoms with Crippen LogP contribution in [0.1, 0.15) is 44.7 Å². The molecule has 2 aliphatic heterocycles. The molecule has 146 valence electrons. The first-order valence-corrected chi connectivity index (χ1v) is 10.0. The van der Waals surface area contributed by atoms with Gasteiger partial charge in [0.05, 0.1) is 0 Å². The zero-order valence-corrected chi connectivity index (χ0v) is 18.9. The molecule has 0 radical (unpaired) electrons. The summed E-state index contributed by atoms with van der Waals surface area (Å²) >= 11 is 0. The molecule has 26 heavy (non-hydrogen) atoms. The number of nitrogens with one attached hydrogen (secondary N) is 1. The number of guanidine groups is 1. The Balaban J connectivity index is 0.00000243.